The maximum absolute atomic E-state index is 13.3. The van der Waals surface area contributed by atoms with Gasteiger partial charge in [0.25, 0.3) is 0 Å². The van der Waals surface area contributed by atoms with Crippen molar-refractivity contribution in [3.8, 4) is 0 Å². The maximum atomic E-state index is 13.3. The molecule has 1 aliphatic carbocycles. The second-order valence-corrected chi connectivity index (χ2v) is 8.05. The third-order valence-corrected chi connectivity index (χ3v) is 7.00. The molecule has 0 radical (unpaired) electrons. The molecule has 2 heteroatoms. The van der Waals surface area contributed by atoms with Gasteiger partial charge in [-0.2, -0.15) is 0 Å². The van der Waals surface area contributed by atoms with Gasteiger partial charge in [-0.3, -0.25) is 0 Å². The molecule has 1 aromatic carbocycles. The molecule has 0 heterocycles. The van der Waals surface area contributed by atoms with Gasteiger partial charge in [-0.05, 0) is 57.6 Å². The Kier molecular flexibility index (Phi) is 4.54. The van der Waals surface area contributed by atoms with Crippen LogP contribution in [-0.2, 0) is 4.57 Å². The molecule has 0 fully saturated rings. The Morgan fingerprint density at radius 3 is 2.00 bits per heavy atom. The quantitative estimate of drug-likeness (QED) is 0.653. The first kappa shape index (κ1) is 16.2. The zero-order valence-electron chi connectivity index (χ0n) is 14.2. The van der Waals surface area contributed by atoms with Crippen LogP contribution in [0.4, 0.5) is 0 Å². The minimum atomic E-state index is -1.51. The van der Waals surface area contributed by atoms with Crippen LogP contribution in [0.5, 0.6) is 0 Å². The lowest BCUT2D eigenvalue weighted by Gasteiger charge is -2.23. The zero-order chi connectivity index (χ0) is 15.9. The third-order valence-electron chi connectivity index (χ3n) is 4.77. The minimum Gasteiger partial charge on any atom is -0.0736 e. The monoisotopic (exact) mass is 301 g/mol. The van der Waals surface area contributed by atoms with Crippen molar-refractivity contribution in [3.63, 3.8) is 0 Å². The van der Waals surface area contributed by atoms with Crippen molar-refractivity contribution < 1.29 is 4.57 Å². The summed E-state index contributed by atoms with van der Waals surface area (Å²) < 4.78 is 13.3. The maximum Gasteiger partial charge on any atom is 0.416 e. The summed E-state index contributed by atoms with van der Waals surface area (Å²) in [5, 5.41) is 2.10. The van der Waals surface area contributed by atoms with Crippen LogP contribution in [0.25, 0.3) is 0 Å². The van der Waals surface area contributed by atoms with Gasteiger partial charge < -0.3 is 0 Å². The molecule has 21 heavy (non-hydrogen) atoms. The molecule has 1 aliphatic rings. The summed E-state index contributed by atoms with van der Waals surface area (Å²) >= 11 is 0. The molecule has 0 aromatic heterocycles. The minimum absolute atomic E-state index is 0.466. The Balaban J connectivity index is 2.58. The Labute approximate surface area is 129 Å². The van der Waals surface area contributed by atoms with E-state index in [1.54, 1.807) is 0 Å². The Morgan fingerprint density at radius 2 is 1.48 bits per heavy atom. The van der Waals surface area contributed by atoms with Gasteiger partial charge in [0.2, 0.25) is 5.30 Å². The van der Waals surface area contributed by atoms with E-state index in [1.807, 2.05) is 0 Å². The lowest BCUT2D eigenvalue weighted by atomic mass is 9.83. The number of rotatable bonds is 2. The molecule has 0 spiro atoms. The molecule has 3 atom stereocenters. The first-order chi connectivity index (χ1) is 9.73. The SMILES string of the molecule is CC1=CC(C)C(C)C(C)=C1[P+](=O)c1c(C)cc(C)cc1C. The Hall–Kier alpha value is -1.20. The predicted molar refractivity (Wildman–Crippen MR) is 92.7 cm³/mol. The molecule has 0 saturated carbocycles. The number of hydrogen-bond acceptors (Lipinski definition) is 1. The Morgan fingerprint density at radius 1 is 0.952 bits per heavy atom. The molecule has 2 rings (SSSR count). The fourth-order valence-electron chi connectivity index (χ4n) is 3.46. The summed E-state index contributed by atoms with van der Waals surface area (Å²) in [5.41, 5.74) is 6.02. The van der Waals surface area contributed by atoms with E-state index in [1.165, 1.54) is 16.7 Å². The van der Waals surface area contributed by atoms with Gasteiger partial charge in [0, 0.05) is 11.1 Å². The van der Waals surface area contributed by atoms with Crippen LogP contribution in [0, 0.1) is 32.6 Å². The zero-order valence-corrected chi connectivity index (χ0v) is 15.1. The highest BCUT2D eigenvalue weighted by Gasteiger charge is 2.37. The van der Waals surface area contributed by atoms with E-state index in [-0.39, 0.29) is 0 Å². The largest absolute Gasteiger partial charge is 0.416 e. The van der Waals surface area contributed by atoms with Gasteiger partial charge in [0.05, 0.1) is 0 Å². The van der Waals surface area contributed by atoms with Crippen molar-refractivity contribution in [3.05, 3.63) is 51.4 Å². The average Bonchev–Trinajstić information content (AvgIpc) is 2.34. The van der Waals surface area contributed by atoms with E-state index >= 15 is 0 Å². The van der Waals surface area contributed by atoms with Crippen LogP contribution in [0.15, 0.2) is 34.7 Å². The molecule has 112 valence electrons. The van der Waals surface area contributed by atoms with E-state index in [2.05, 4.69) is 66.7 Å². The van der Waals surface area contributed by atoms with Crippen LogP contribution in [-0.4, -0.2) is 0 Å². The summed E-state index contributed by atoms with van der Waals surface area (Å²) in [6.07, 6.45) is 2.28. The van der Waals surface area contributed by atoms with Crippen molar-refractivity contribution in [2.24, 2.45) is 11.8 Å². The van der Waals surface area contributed by atoms with E-state index < -0.39 is 7.80 Å². The summed E-state index contributed by atoms with van der Waals surface area (Å²) in [6.45, 7) is 15.0. The van der Waals surface area contributed by atoms with Gasteiger partial charge in [0.15, 0.2) is 5.31 Å². The van der Waals surface area contributed by atoms with E-state index in [0.717, 1.165) is 21.7 Å². The van der Waals surface area contributed by atoms with E-state index in [4.69, 9.17) is 0 Å². The molecule has 1 aromatic rings. The van der Waals surface area contributed by atoms with Crippen molar-refractivity contribution in [1.29, 1.82) is 0 Å². The second-order valence-electron chi connectivity index (χ2n) is 6.57. The van der Waals surface area contributed by atoms with E-state index in [0.29, 0.717) is 11.8 Å². The molecule has 0 saturated heterocycles. The number of benzene rings is 1. The molecular formula is C19H26OP+. The normalized spacial score (nSPS) is 23.2. The van der Waals surface area contributed by atoms with Crippen molar-refractivity contribution >= 4 is 13.1 Å². The lowest BCUT2D eigenvalue weighted by Crippen LogP contribution is -2.16. The Bertz CT molecular complexity index is 641. The first-order valence-corrected chi connectivity index (χ1v) is 8.94. The molecule has 0 aliphatic heterocycles. The third kappa shape index (κ3) is 2.90. The average molecular weight is 301 g/mol. The van der Waals surface area contributed by atoms with Crippen LogP contribution >= 0.6 is 7.80 Å². The highest BCUT2D eigenvalue weighted by atomic mass is 31.1. The molecule has 0 bridgehead atoms. The second kappa shape index (κ2) is 5.89. The van der Waals surface area contributed by atoms with Gasteiger partial charge in [0.1, 0.15) is 0 Å². The fraction of sp³-hybridized carbons (Fsp3) is 0.474. The smallest absolute Gasteiger partial charge is 0.0736 e. The number of aryl methyl sites for hydroxylation is 3. The molecule has 0 amide bonds. The molecule has 3 unspecified atom stereocenters. The topological polar surface area (TPSA) is 17.1 Å². The van der Waals surface area contributed by atoms with Crippen molar-refractivity contribution in [2.75, 3.05) is 0 Å². The summed E-state index contributed by atoms with van der Waals surface area (Å²) in [7, 11) is -1.51. The summed E-state index contributed by atoms with van der Waals surface area (Å²) in [4.78, 5) is 0. The van der Waals surface area contributed by atoms with Gasteiger partial charge >= 0.3 is 7.80 Å². The van der Waals surface area contributed by atoms with Gasteiger partial charge in [-0.1, -0.05) is 42.2 Å². The van der Waals surface area contributed by atoms with Gasteiger partial charge in [-0.25, -0.2) is 0 Å². The number of hydrogen-bond donors (Lipinski definition) is 0. The van der Waals surface area contributed by atoms with E-state index in [9.17, 15) is 4.57 Å². The van der Waals surface area contributed by atoms with Crippen LogP contribution in [0.3, 0.4) is 0 Å². The molecule has 0 N–H and O–H groups in total. The fourth-order valence-corrected chi connectivity index (χ4v) is 5.38. The van der Waals surface area contributed by atoms with Crippen LogP contribution in [0.2, 0.25) is 0 Å². The lowest BCUT2D eigenvalue weighted by molar-refractivity contribution is 0.516. The predicted octanol–water partition coefficient (Wildman–Crippen LogP) is 5.57. The molecular weight excluding hydrogens is 275 g/mol. The van der Waals surface area contributed by atoms with Gasteiger partial charge in [-0.15, -0.1) is 0 Å². The first-order valence-electron chi connectivity index (χ1n) is 7.68. The van der Waals surface area contributed by atoms with Crippen LogP contribution in [0.1, 0.15) is 44.4 Å². The summed E-state index contributed by atoms with van der Waals surface area (Å²) in [5.74, 6) is 0.992. The van der Waals surface area contributed by atoms with Crippen molar-refractivity contribution in [1.82, 2.24) is 0 Å². The highest BCUT2D eigenvalue weighted by Crippen LogP contribution is 2.46. The summed E-state index contributed by atoms with van der Waals surface area (Å²) in [6, 6.07) is 4.28. The highest BCUT2D eigenvalue weighted by molar-refractivity contribution is 7.58. The molecule has 1 nitrogen and oxygen atoms in total. The number of allylic oxidation sites excluding steroid dienone is 4. The van der Waals surface area contributed by atoms with Crippen molar-refractivity contribution in [2.45, 2.75) is 48.5 Å². The standard InChI is InChI=1S/C19H26OP/c1-11-8-13(3)18(14(4)9-11)21(20)19-15(5)10-12(2)16(6)17(19)7/h8-10,12,16H,1-7H3/q+1. The van der Waals surface area contributed by atoms with Crippen LogP contribution < -0.4 is 5.30 Å².